The van der Waals surface area contributed by atoms with Gasteiger partial charge >= 0.3 is 0 Å². The molecule has 0 aromatic heterocycles. The van der Waals surface area contributed by atoms with Crippen LogP contribution in [0, 0.1) is 6.92 Å². The second kappa shape index (κ2) is 9.27. The lowest BCUT2D eigenvalue weighted by atomic mass is 10.2. The Morgan fingerprint density at radius 2 is 1.48 bits per heavy atom. The molecule has 4 nitrogen and oxygen atoms in total. The van der Waals surface area contributed by atoms with Crippen molar-refractivity contribution >= 4 is 46.0 Å². The fraction of sp³-hybridized carbons (Fsp3) is 0.294. The Morgan fingerprint density at radius 1 is 0.957 bits per heavy atom. The Labute approximate surface area is 149 Å². The monoisotopic (exact) mass is 348 g/mol. The van der Waals surface area contributed by atoms with E-state index in [1.165, 1.54) is 0 Å². The maximum atomic E-state index is 5.28. The standard InChI is InChI=1S/C17H24N4S2/c1-11(2)9-18-16(22)20-14-7-6-13(5)15(8-14)21-17(23)19-10-12(3)4/h6-8H,1,3,9-10H2,2,4-5H3,(H2,18,20,22)(H2,19,21,23). The van der Waals surface area contributed by atoms with Crippen LogP contribution in [0.3, 0.4) is 0 Å². The smallest absolute Gasteiger partial charge is 0.171 e. The van der Waals surface area contributed by atoms with Crippen LogP contribution in [-0.4, -0.2) is 23.3 Å². The van der Waals surface area contributed by atoms with E-state index in [1.54, 1.807) is 0 Å². The summed E-state index contributed by atoms with van der Waals surface area (Å²) in [7, 11) is 0. The van der Waals surface area contributed by atoms with E-state index in [4.69, 9.17) is 24.4 Å². The molecule has 0 unspecified atom stereocenters. The van der Waals surface area contributed by atoms with Crippen molar-refractivity contribution < 1.29 is 0 Å². The average Bonchev–Trinajstić information content (AvgIpc) is 2.46. The molecule has 0 saturated heterocycles. The minimum atomic E-state index is 0.561. The quantitative estimate of drug-likeness (QED) is 0.464. The fourth-order valence-electron chi connectivity index (χ4n) is 1.64. The molecule has 23 heavy (non-hydrogen) atoms. The Morgan fingerprint density at radius 3 is 2.00 bits per heavy atom. The number of thiocarbonyl (C=S) groups is 2. The van der Waals surface area contributed by atoms with Crippen molar-refractivity contribution in [3.8, 4) is 0 Å². The zero-order chi connectivity index (χ0) is 17.4. The lowest BCUT2D eigenvalue weighted by molar-refractivity contribution is 0.999. The Bertz CT molecular complexity index is 623. The van der Waals surface area contributed by atoms with Gasteiger partial charge in [0.25, 0.3) is 0 Å². The van der Waals surface area contributed by atoms with Gasteiger partial charge in [-0.25, -0.2) is 0 Å². The van der Waals surface area contributed by atoms with E-state index in [-0.39, 0.29) is 0 Å². The summed E-state index contributed by atoms with van der Waals surface area (Å²) in [5.41, 5.74) is 4.96. The number of hydrogen-bond donors (Lipinski definition) is 4. The number of nitrogens with one attached hydrogen (secondary N) is 4. The summed E-state index contributed by atoms with van der Waals surface area (Å²) in [6.07, 6.45) is 0. The van der Waals surface area contributed by atoms with Crippen molar-refractivity contribution in [1.29, 1.82) is 0 Å². The van der Waals surface area contributed by atoms with E-state index < -0.39 is 0 Å². The van der Waals surface area contributed by atoms with E-state index in [1.807, 2.05) is 39.0 Å². The number of benzene rings is 1. The molecule has 0 bridgehead atoms. The van der Waals surface area contributed by atoms with Crippen molar-refractivity contribution in [3.05, 3.63) is 48.1 Å². The summed E-state index contributed by atoms with van der Waals surface area (Å²) < 4.78 is 0. The van der Waals surface area contributed by atoms with E-state index in [2.05, 4.69) is 34.4 Å². The van der Waals surface area contributed by atoms with Crippen LogP contribution in [0.25, 0.3) is 0 Å². The maximum Gasteiger partial charge on any atom is 0.171 e. The van der Waals surface area contributed by atoms with Gasteiger partial charge in [0.05, 0.1) is 0 Å². The van der Waals surface area contributed by atoms with Gasteiger partial charge in [-0.2, -0.15) is 0 Å². The third-order valence-electron chi connectivity index (χ3n) is 2.85. The maximum absolute atomic E-state index is 5.28. The Kier molecular flexibility index (Phi) is 7.71. The molecule has 0 aliphatic heterocycles. The normalized spacial score (nSPS) is 9.70. The summed E-state index contributed by atoms with van der Waals surface area (Å²) in [6.45, 7) is 14.9. The molecule has 0 radical (unpaired) electrons. The highest BCUT2D eigenvalue weighted by Gasteiger charge is 2.04. The SMILES string of the molecule is C=C(C)CNC(=S)Nc1ccc(C)c(NC(=S)NCC(=C)C)c1. The van der Waals surface area contributed by atoms with Crippen LogP contribution in [0.1, 0.15) is 19.4 Å². The van der Waals surface area contributed by atoms with Gasteiger partial charge in [-0.05, 0) is 62.9 Å². The van der Waals surface area contributed by atoms with Crippen molar-refractivity contribution in [2.45, 2.75) is 20.8 Å². The van der Waals surface area contributed by atoms with Crippen LogP contribution in [0.2, 0.25) is 0 Å². The van der Waals surface area contributed by atoms with E-state index in [0.717, 1.165) is 28.1 Å². The molecule has 4 N–H and O–H groups in total. The van der Waals surface area contributed by atoms with Gasteiger partial charge in [0.1, 0.15) is 0 Å². The minimum Gasteiger partial charge on any atom is -0.359 e. The molecule has 124 valence electrons. The van der Waals surface area contributed by atoms with Crippen molar-refractivity contribution in [2.24, 2.45) is 0 Å². The Balaban J connectivity index is 2.67. The Hall–Kier alpha value is -1.92. The molecular formula is C17H24N4S2. The highest BCUT2D eigenvalue weighted by atomic mass is 32.1. The highest BCUT2D eigenvalue weighted by molar-refractivity contribution is 7.80. The van der Waals surface area contributed by atoms with Crippen molar-refractivity contribution in [3.63, 3.8) is 0 Å². The average molecular weight is 349 g/mol. The molecule has 0 heterocycles. The second-order valence-electron chi connectivity index (χ2n) is 5.56. The van der Waals surface area contributed by atoms with Gasteiger partial charge in [-0.1, -0.05) is 30.4 Å². The number of rotatable bonds is 6. The number of aryl methyl sites for hydroxylation is 1. The molecule has 0 spiro atoms. The first-order valence-corrected chi connectivity index (χ1v) is 8.08. The van der Waals surface area contributed by atoms with Gasteiger partial charge in [-0.15, -0.1) is 0 Å². The molecule has 6 heteroatoms. The van der Waals surface area contributed by atoms with E-state index in [9.17, 15) is 0 Å². The third kappa shape index (κ3) is 7.76. The summed E-state index contributed by atoms with van der Waals surface area (Å²) in [5.74, 6) is 0. The summed E-state index contributed by atoms with van der Waals surface area (Å²) in [4.78, 5) is 0. The first-order valence-electron chi connectivity index (χ1n) is 7.27. The number of hydrogen-bond acceptors (Lipinski definition) is 2. The molecule has 0 amide bonds. The van der Waals surface area contributed by atoms with Gasteiger partial charge in [-0.3, -0.25) is 0 Å². The van der Waals surface area contributed by atoms with Crippen LogP contribution in [0.4, 0.5) is 11.4 Å². The molecule has 1 aromatic rings. The molecule has 1 aromatic carbocycles. The van der Waals surface area contributed by atoms with Gasteiger partial charge in [0, 0.05) is 24.5 Å². The summed E-state index contributed by atoms with van der Waals surface area (Å²) in [6, 6.07) is 5.95. The van der Waals surface area contributed by atoms with Crippen LogP contribution in [0.15, 0.2) is 42.5 Å². The fourth-order valence-corrected chi connectivity index (χ4v) is 2.01. The second-order valence-corrected chi connectivity index (χ2v) is 6.38. The predicted molar refractivity (Wildman–Crippen MR) is 109 cm³/mol. The molecule has 0 fully saturated rings. The highest BCUT2D eigenvalue weighted by Crippen LogP contribution is 2.20. The molecule has 0 atom stereocenters. The zero-order valence-electron chi connectivity index (χ0n) is 13.9. The van der Waals surface area contributed by atoms with Gasteiger partial charge < -0.3 is 21.3 Å². The number of anilines is 2. The molecule has 1 rings (SSSR count). The van der Waals surface area contributed by atoms with Crippen molar-refractivity contribution in [2.75, 3.05) is 23.7 Å². The molecular weight excluding hydrogens is 324 g/mol. The lowest BCUT2D eigenvalue weighted by Gasteiger charge is -2.15. The first kappa shape index (κ1) is 19.1. The molecule has 0 aliphatic rings. The minimum absolute atomic E-state index is 0.561. The van der Waals surface area contributed by atoms with Crippen LogP contribution in [0.5, 0.6) is 0 Å². The molecule has 0 saturated carbocycles. The van der Waals surface area contributed by atoms with Gasteiger partial charge in [0.15, 0.2) is 10.2 Å². The van der Waals surface area contributed by atoms with E-state index in [0.29, 0.717) is 23.3 Å². The largest absolute Gasteiger partial charge is 0.359 e. The first-order chi connectivity index (χ1) is 10.8. The predicted octanol–water partition coefficient (Wildman–Crippen LogP) is 3.72. The summed E-state index contributed by atoms with van der Waals surface area (Å²) >= 11 is 10.5. The topological polar surface area (TPSA) is 48.1 Å². The summed E-state index contributed by atoms with van der Waals surface area (Å²) in [5, 5.41) is 13.7. The zero-order valence-corrected chi connectivity index (χ0v) is 15.5. The van der Waals surface area contributed by atoms with Crippen LogP contribution >= 0.6 is 24.4 Å². The lowest BCUT2D eigenvalue weighted by Crippen LogP contribution is -2.30. The third-order valence-corrected chi connectivity index (χ3v) is 3.34. The van der Waals surface area contributed by atoms with Crippen molar-refractivity contribution in [1.82, 2.24) is 10.6 Å². The van der Waals surface area contributed by atoms with Crippen LogP contribution < -0.4 is 21.3 Å². The van der Waals surface area contributed by atoms with Crippen LogP contribution in [-0.2, 0) is 0 Å². The van der Waals surface area contributed by atoms with E-state index >= 15 is 0 Å². The van der Waals surface area contributed by atoms with Gasteiger partial charge in [0.2, 0.25) is 0 Å². The molecule has 0 aliphatic carbocycles.